The first-order valence-electron chi connectivity index (χ1n) is 6.38. The molecule has 1 N–H and O–H groups in total. The van der Waals surface area contributed by atoms with Crippen molar-refractivity contribution in [2.24, 2.45) is 0 Å². The van der Waals surface area contributed by atoms with E-state index < -0.39 is 9.84 Å². The van der Waals surface area contributed by atoms with Crippen molar-refractivity contribution in [1.29, 1.82) is 0 Å². The second kappa shape index (κ2) is 5.27. The van der Waals surface area contributed by atoms with Gasteiger partial charge in [0.05, 0.1) is 18.4 Å². The second-order valence-electron chi connectivity index (χ2n) is 5.07. The highest BCUT2D eigenvalue weighted by Gasteiger charge is 2.29. The summed E-state index contributed by atoms with van der Waals surface area (Å²) in [5.74, 6) is 0.196. The lowest BCUT2D eigenvalue weighted by Gasteiger charge is -2.14. The monoisotopic (exact) mass is 312 g/mol. The van der Waals surface area contributed by atoms with Crippen molar-refractivity contribution in [1.82, 2.24) is 20.1 Å². The zero-order valence-corrected chi connectivity index (χ0v) is 12.7. The quantitative estimate of drug-likeness (QED) is 0.919. The van der Waals surface area contributed by atoms with Gasteiger partial charge < -0.3 is 0 Å². The zero-order chi connectivity index (χ0) is 14.2. The van der Waals surface area contributed by atoms with Crippen LogP contribution in [0.1, 0.15) is 23.0 Å². The van der Waals surface area contributed by atoms with E-state index in [0.29, 0.717) is 4.90 Å². The van der Waals surface area contributed by atoms with E-state index in [0.717, 1.165) is 36.8 Å². The van der Waals surface area contributed by atoms with Gasteiger partial charge >= 0.3 is 0 Å². The Labute approximate surface area is 121 Å². The Kier molecular flexibility index (Phi) is 3.61. The highest BCUT2D eigenvalue weighted by atomic mass is 32.2. The van der Waals surface area contributed by atoms with Gasteiger partial charge in [-0.3, -0.25) is 10.00 Å². The molecule has 0 amide bonds. The number of sulfone groups is 1. The van der Waals surface area contributed by atoms with Crippen LogP contribution >= 0.6 is 11.3 Å². The maximum absolute atomic E-state index is 11.7. The van der Waals surface area contributed by atoms with Crippen LogP contribution in [0.25, 0.3) is 0 Å². The van der Waals surface area contributed by atoms with Crippen LogP contribution in [0.4, 0.5) is 0 Å². The number of likely N-dealkylation sites (tertiary alicyclic amines) is 1. The van der Waals surface area contributed by atoms with E-state index in [9.17, 15) is 8.42 Å². The average Bonchev–Trinajstić information content (AvgIpc) is 3.08. The van der Waals surface area contributed by atoms with Gasteiger partial charge in [-0.15, -0.1) is 11.3 Å². The lowest BCUT2D eigenvalue weighted by Crippen LogP contribution is -2.20. The summed E-state index contributed by atoms with van der Waals surface area (Å²) in [6.45, 7) is 2.62. The lowest BCUT2D eigenvalue weighted by atomic mass is 10.1. The van der Waals surface area contributed by atoms with Crippen molar-refractivity contribution < 1.29 is 8.42 Å². The first-order valence-corrected chi connectivity index (χ1v) is 9.15. The second-order valence-corrected chi connectivity index (χ2v) is 8.03. The molecule has 8 heteroatoms. The minimum atomic E-state index is -3.22. The van der Waals surface area contributed by atoms with Crippen molar-refractivity contribution in [3.63, 3.8) is 0 Å². The molecular formula is C12H16N4O2S2. The number of hydrogen-bond acceptors (Lipinski definition) is 6. The van der Waals surface area contributed by atoms with Gasteiger partial charge in [0, 0.05) is 30.3 Å². The SMILES string of the molecule is CS(=O)(=O)c1cn[nH]c1[C@H]1CCN(Cc2nccs2)C1. The standard InChI is InChI=1S/C12H16N4O2S2/c1-20(17,18)10-6-14-15-12(10)9-2-4-16(7-9)8-11-13-3-5-19-11/h3,5-6,9H,2,4,7-8H2,1H3,(H,14,15)/t9-/m0/s1. The van der Waals surface area contributed by atoms with Crippen molar-refractivity contribution in [3.05, 3.63) is 28.5 Å². The molecular weight excluding hydrogens is 296 g/mol. The Hall–Kier alpha value is -1.25. The molecule has 1 saturated heterocycles. The van der Waals surface area contributed by atoms with Crippen LogP contribution in [-0.4, -0.2) is 47.8 Å². The molecule has 108 valence electrons. The van der Waals surface area contributed by atoms with E-state index in [1.807, 2.05) is 11.6 Å². The summed E-state index contributed by atoms with van der Waals surface area (Å²) in [7, 11) is -3.22. The molecule has 6 nitrogen and oxygen atoms in total. The molecule has 0 spiro atoms. The molecule has 0 unspecified atom stereocenters. The Balaban J connectivity index is 1.73. The first-order chi connectivity index (χ1) is 9.54. The van der Waals surface area contributed by atoms with Gasteiger partial charge in [-0.05, 0) is 13.0 Å². The number of nitrogens with zero attached hydrogens (tertiary/aromatic N) is 3. The smallest absolute Gasteiger partial charge is 0.178 e. The molecule has 0 aromatic carbocycles. The number of aromatic nitrogens is 3. The number of nitrogens with one attached hydrogen (secondary N) is 1. The summed E-state index contributed by atoms with van der Waals surface area (Å²) in [6.07, 6.45) is 5.39. The van der Waals surface area contributed by atoms with Gasteiger partial charge in [-0.25, -0.2) is 13.4 Å². The number of hydrogen-bond donors (Lipinski definition) is 1. The number of rotatable bonds is 4. The van der Waals surface area contributed by atoms with Crippen LogP contribution < -0.4 is 0 Å². The van der Waals surface area contributed by atoms with Gasteiger partial charge in [-0.1, -0.05) is 0 Å². The predicted molar refractivity (Wildman–Crippen MR) is 76.4 cm³/mol. The maximum atomic E-state index is 11.7. The van der Waals surface area contributed by atoms with Gasteiger partial charge in [0.15, 0.2) is 9.84 Å². The highest BCUT2D eigenvalue weighted by Crippen LogP contribution is 2.30. The highest BCUT2D eigenvalue weighted by molar-refractivity contribution is 7.90. The summed E-state index contributed by atoms with van der Waals surface area (Å²) < 4.78 is 23.5. The van der Waals surface area contributed by atoms with E-state index >= 15 is 0 Å². The normalized spacial score (nSPS) is 20.6. The van der Waals surface area contributed by atoms with Crippen LogP contribution in [0.5, 0.6) is 0 Å². The van der Waals surface area contributed by atoms with Crippen LogP contribution in [0, 0.1) is 0 Å². The van der Waals surface area contributed by atoms with Crippen molar-refractivity contribution >= 4 is 21.2 Å². The van der Waals surface area contributed by atoms with Crippen LogP contribution in [0.2, 0.25) is 0 Å². The van der Waals surface area contributed by atoms with Crippen molar-refractivity contribution in [2.45, 2.75) is 23.8 Å². The van der Waals surface area contributed by atoms with E-state index in [-0.39, 0.29) is 5.92 Å². The van der Waals surface area contributed by atoms with E-state index in [4.69, 9.17) is 0 Å². The van der Waals surface area contributed by atoms with E-state index in [1.54, 1.807) is 11.3 Å². The summed E-state index contributed by atoms with van der Waals surface area (Å²) >= 11 is 1.65. The van der Waals surface area contributed by atoms with E-state index in [1.165, 1.54) is 12.5 Å². The molecule has 0 saturated carbocycles. The fourth-order valence-corrected chi connectivity index (χ4v) is 4.12. The summed E-state index contributed by atoms with van der Waals surface area (Å²) in [6, 6.07) is 0. The molecule has 3 heterocycles. The van der Waals surface area contributed by atoms with Gasteiger partial charge in [-0.2, -0.15) is 5.10 Å². The minimum Gasteiger partial charge on any atom is -0.296 e. The van der Waals surface area contributed by atoms with Gasteiger partial charge in [0.25, 0.3) is 0 Å². The Morgan fingerprint density at radius 3 is 3.10 bits per heavy atom. The fraction of sp³-hybridized carbons (Fsp3) is 0.500. The largest absolute Gasteiger partial charge is 0.296 e. The Morgan fingerprint density at radius 1 is 1.55 bits per heavy atom. The molecule has 1 atom stereocenters. The lowest BCUT2D eigenvalue weighted by molar-refractivity contribution is 0.325. The topological polar surface area (TPSA) is 79.0 Å². The third-order valence-corrected chi connectivity index (χ3v) is 5.44. The number of H-pyrrole nitrogens is 1. The summed E-state index contributed by atoms with van der Waals surface area (Å²) in [5, 5.41) is 9.83. The number of thiazole rings is 1. The third-order valence-electron chi connectivity index (χ3n) is 3.55. The minimum absolute atomic E-state index is 0.196. The van der Waals surface area contributed by atoms with Crippen LogP contribution in [-0.2, 0) is 16.4 Å². The Bertz CT molecular complexity index is 678. The first kappa shape index (κ1) is 13.7. The molecule has 0 aliphatic carbocycles. The molecule has 1 aliphatic rings. The molecule has 0 radical (unpaired) electrons. The van der Waals surface area contributed by atoms with Gasteiger partial charge in [0.2, 0.25) is 0 Å². The number of aromatic amines is 1. The fourth-order valence-electron chi connectivity index (χ4n) is 2.61. The molecule has 0 bridgehead atoms. The van der Waals surface area contributed by atoms with Crippen molar-refractivity contribution in [3.8, 4) is 0 Å². The molecule has 20 heavy (non-hydrogen) atoms. The summed E-state index contributed by atoms with van der Waals surface area (Å²) in [5.41, 5.74) is 0.745. The van der Waals surface area contributed by atoms with E-state index in [2.05, 4.69) is 20.1 Å². The zero-order valence-electron chi connectivity index (χ0n) is 11.1. The molecule has 2 aromatic heterocycles. The van der Waals surface area contributed by atoms with Crippen LogP contribution in [0.15, 0.2) is 22.7 Å². The molecule has 3 rings (SSSR count). The maximum Gasteiger partial charge on any atom is 0.178 e. The Morgan fingerprint density at radius 2 is 2.40 bits per heavy atom. The van der Waals surface area contributed by atoms with Gasteiger partial charge in [0.1, 0.15) is 9.90 Å². The average molecular weight is 312 g/mol. The third kappa shape index (κ3) is 2.77. The molecule has 2 aromatic rings. The van der Waals surface area contributed by atoms with Crippen molar-refractivity contribution in [2.75, 3.05) is 19.3 Å². The molecule has 1 fully saturated rings. The molecule has 1 aliphatic heterocycles. The predicted octanol–water partition coefficient (Wildman–Crippen LogP) is 1.26. The summed E-state index contributed by atoms with van der Waals surface area (Å²) in [4.78, 5) is 6.92. The van der Waals surface area contributed by atoms with Crippen LogP contribution in [0.3, 0.4) is 0 Å².